The van der Waals surface area contributed by atoms with Crippen molar-refractivity contribution >= 4 is 12.1 Å². The Morgan fingerprint density at radius 1 is 1.08 bits per heavy atom. The number of rotatable bonds is 7. The highest BCUT2D eigenvalue weighted by Crippen LogP contribution is 2.39. The zero-order chi connectivity index (χ0) is 18.4. The molecule has 0 saturated carbocycles. The number of amides is 1. The van der Waals surface area contributed by atoms with Crippen molar-refractivity contribution in [1.29, 1.82) is 0 Å². The van der Waals surface area contributed by atoms with E-state index in [9.17, 15) is 9.59 Å². The monoisotopic (exact) mass is 335 g/mol. The fourth-order valence-electron chi connectivity index (χ4n) is 2.29. The Hall–Kier alpha value is -2.04. The second kappa shape index (κ2) is 8.18. The summed E-state index contributed by atoms with van der Waals surface area (Å²) in [7, 11) is 0. The lowest BCUT2D eigenvalue weighted by Crippen LogP contribution is -2.63. The third kappa shape index (κ3) is 4.49. The van der Waals surface area contributed by atoms with Gasteiger partial charge in [0.1, 0.15) is 12.1 Å². The van der Waals surface area contributed by atoms with Gasteiger partial charge in [-0.05, 0) is 25.3 Å². The summed E-state index contributed by atoms with van der Waals surface area (Å²) in [5.74, 6) is -0.318. The number of hydrogen-bond donors (Lipinski definition) is 1. The molecule has 0 saturated heterocycles. The molecule has 1 unspecified atom stereocenters. The van der Waals surface area contributed by atoms with Gasteiger partial charge in [0.2, 0.25) is 0 Å². The van der Waals surface area contributed by atoms with Crippen LogP contribution in [0.4, 0.5) is 4.79 Å². The van der Waals surface area contributed by atoms with Gasteiger partial charge >= 0.3 is 12.1 Å². The molecule has 1 N–H and O–H groups in total. The van der Waals surface area contributed by atoms with Crippen molar-refractivity contribution in [2.45, 2.75) is 53.7 Å². The second-order valence-corrected chi connectivity index (χ2v) is 6.91. The SMILES string of the molecule is CCOC(=O)C(C)(NC(=O)OCc1ccccc1)C(C)(C)C(C)C. The van der Waals surface area contributed by atoms with Crippen molar-refractivity contribution in [2.75, 3.05) is 6.61 Å². The minimum absolute atomic E-state index is 0.140. The zero-order valence-corrected chi connectivity index (χ0v) is 15.5. The van der Waals surface area contributed by atoms with Crippen LogP contribution in [0.1, 0.15) is 47.1 Å². The third-order valence-corrected chi connectivity index (χ3v) is 4.98. The summed E-state index contributed by atoms with van der Waals surface area (Å²) in [5, 5.41) is 2.73. The van der Waals surface area contributed by atoms with Crippen molar-refractivity contribution in [3.63, 3.8) is 0 Å². The molecule has 1 amide bonds. The first-order valence-corrected chi connectivity index (χ1v) is 8.31. The molecule has 1 atom stereocenters. The average Bonchev–Trinajstić information content (AvgIpc) is 2.53. The molecule has 24 heavy (non-hydrogen) atoms. The van der Waals surface area contributed by atoms with E-state index in [2.05, 4.69) is 5.32 Å². The number of ether oxygens (including phenoxy) is 2. The first-order valence-electron chi connectivity index (χ1n) is 8.31. The molecule has 0 spiro atoms. The number of carbonyl (C=O) groups excluding carboxylic acids is 2. The largest absolute Gasteiger partial charge is 0.464 e. The number of benzene rings is 1. The molecule has 0 aromatic heterocycles. The van der Waals surface area contributed by atoms with E-state index in [0.717, 1.165) is 5.56 Å². The highest BCUT2D eigenvalue weighted by molar-refractivity contribution is 5.86. The quantitative estimate of drug-likeness (QED) is 0.767. The van der Waals surface area contributed by atoms with E-state index in [0.29, 0.717) is 0 Å². The lowest BCUT2D eigenvalue weighted by Gasteiger charge is -2.44. The van der Waals surface area contributed by atoms with Gasteiger partial charge in [-0.15, -0.1) is 0 Å². The number of esters is 1. The van der Waals surface area contributed by atoms with E-state index in [1.165, 1.54) is 0 Å². The van der Waals surface area contributed by atoms with Crippen LogP contribution in [0.15, 0.2) is 30.3 Å². The predicted octanol–water partition coefficient (Wildman–Crippen LogP) is 3.92. The third-order valence-electron chi connectivity index (χ3n) is 4.98. The normalized spacial score (nSPS) is 14.0. The van der Waals surface area contributed by atoms with Gasteiger partial charge in [0.15, 0.2) is 0 Å². The minimum Gasteiger partial charge on any atom is -0.464 e. The van der Waals surface area contributed by atoms with Crippen molar-refractivity contribution in [3.05, 3.63) is 35.9 Å². The number of nitrogens with one attached hydrogen (secondary N) is 1. The van der Waals surface area contributed by atoms with Crippen LogP contribution in [0.3, 0.4) is 0 Å². The summed E-state index contributed by atoms with van der Waals surface area (Å²) in [4.78, 5) is 24.8. The highest BCUT2D eigenvalue weighted by atomic mass is 16.6. The van der Waals surface area contributed by atoms with Crippen LogP contribution in [0.25, 0.3) is 0 Å². The maximum Gasteiger partial charge on any atom is 0.408 e. The molecule has 1 rings (SSSR count). The summed E-state index contributed by atoms with van der Waals surface area (Å²) in [6.45, 7) is 11.7. The Balaban J connectivity index is 2.88. The number of alkyl carbamates (subject to hydrolysis) is 1. The second-order valence-electron chi connectivity index (χ2n) is 6.91. The van der Waals surface area contributed by atoms with Gasteiger partial charge in [-0.25, -0.2) is 9.59 Å². The molecule has 0 heterocycles. The molecule has 1 aromatic carbocycles. The maximum atomic E-state index is 12.5. The van der Waals surface area contributed by atoms with Crippen LogP contribution < -0.4 is 5.32 Å². The molecule has 5 heteroatoms. The molecule has 1 aromatic rings. The van der Waals surface area contributed by atoms with Crippen LogP contribution in [0, 0.1) is 11.3 Å². The van der Waals surface area contributed by atoms with E-state index < -0.39 is 23.0 Å². The molecular formula is C19H29NO4. The van der Waals surface area contributed by atoms with Crippen molar-refractivity contribution < 1.29 is 19.1 Å². The Morgan fingerprint density at radius 3 is 2.17 bits per heavy atom. The Kier molecular flexibility index (Phi) is 6.81. The van der Waals surface area contributed by atoms with Gasteiger partial charge in [0.05, 0.1) is 6.61 Å². The summed E-state index contributed by atoms with van der Waals surface area (Å²) < 4.78 is 10.5. The van der Waals surface area contributed by atoms with Gasteiger partial charge in [-0.1, -0.05) is 58.0 Å². The Labute approximate surface area is 144 Å². The van der Waals surface area contributed by atoms with Gasteiger partial charge in [-0.2, -0.15) is 0 Å². The van der Waals surface area contributed by atoms with Crippen molar-refractivity contribution in [1.82, 2.24) is 5.32 Å². The predicted molar refractivity (Wildman–Crippen MR) is 93.4 cm³/mol. The zero-order valence-electron chi connectivity index (χ0n) is 15.5. The number of hydrogen-bond acceptors (Lipinski definition) is 4. The smallest absolute Gasteiger partial charge is 0.408 e. The van der Waals surface area contributed by atoms with Crippen LogP contribution >= 0.6 is 0 Å². The lowest BCUT2D eigenvalue weighted by molar-refractivity contribution is -0.157. The fourth-order valence-corrected chi connectivity index (χ4v) is 2.29. The van der Waals surface area contributed by atoms with E-state index >= 15 is 0 Å². The van der Waals surface area contributed by atoms with E-state index in [-0.39, 0.29) is 19.1 Å². The first-order chi connectivity index (χ1) is 11.1. The van der Waals surface area contributed by atoms with E-state index in [1.54, 1.807) is 13.8 Å². The fraction of sp³-hybridized carbons (Fsp3) is 0.579. The summed E-state index contributed by atoms with van der Waals surface area (Å²) in [6, 6.07) is 9.39. The maximum absolute atomic E-state index is 12.5. The summed E-state index contributed by atoms with van der Waals surface area (Å²) in [6.07, 6.45) is -0.636. The van der Waals surface area contributed by atoms with Crippen molar-refractivity contribution in [2.24, 2.45) is 11.3 Å². The number of carbonyl (C=O) groups is 2. The van der Waals surface area contributed by atoms with Crippen LogP contribution in [0.5, 0.6) is 0 Å². The van der Waals surface area contributed by atoms with Gasteiger partial charge < -0.3 is 14.8 Å². The van der Waals surface area contributed by atoms with Crippen LogP contribution in [-0.4, -0.2) is 24.2 Å². The molecule has 0 radical (unpaired) electrons. The topological polar surface area (TPSA) is 64.6 Å². The van der Waals surface area contributed by atoms with Crippen molar-refractivity contribution in [3.8, 4) is 0 Å². The van der Waals surface area contributed by atoms with Gasteiger partial charge in [0, 0.05) is 5.41 Å². The highest BCUT2D eigenvalue weighted by Gasteiger charge is 2.51. The van der Waals surface area contributed by atoms with Crippen LogP contribution in [0.2, 0.25) is 0 Å². The molecule has 0 bridgehead atoms. The molecule has 0 aliphatic carbocycles. The molecular weight excluding hydrogens is 306 g/mol. The molecule has 0 aliphatic rings. The van der Waals surface area contributed by atoms with E-state index in [4.69, 9.17) is 9.47 Å². The molecule has 0 fully saturated rings. The Morgan fingerprint density at radius 2 is 1.67 bits per heavy atom. The lowest BCUT2D eigenvalue weighted by atomic mass is 9.66. The standard InChI is InChI=1S/C19H29NO4/c1-7-23-16(21)19(6,18(4,5)14(2)3)20-17(22)24-13-15-11-9-8-10-12-15/h8-12,14H,7,13H2,1-6H3,(H,20,22). The minimum atomic E-state index is -1.19. The van der Waals surface area contributed by atoms with Crippen LogP contribution in [-0.2, 0) is 20.9 Å². The van der Waals surface area contributed by atoms with E-state index in [1.807, 2.05) is 58.0 Å². The van der Waals surface area contributed by atoms with Gasteiger partial charge in [0.25, 0.3) is 0 Å². The first kappa shape index (κ1) is 20.0. The molecule has 0 aliphatic heterocycles. The Bertz CT molecular complexity index is 554. The molecule has 5 nitrogen and oxygen atoms in total. The summed E-state index contributed by atoms with van der Waals surface area (Å²) in [5.41, 5.74) is -0.829. The average molecular weight is 335 g/mol. The van der Waals surface area contributed by atoms with Gasteiger partial charge in [-0.3, -0.25) is 0 Å². The summed E-state index contributed by atoms with van der Waals surface area (Å²) >= 11 is 0. The molecule has 134 valence electrons.